The van der Waals surface area contributed by atoms with Crippen LogP contribution < -0.4 is 0 Å². The molecule has 0 fully saturated rings. The zero-order valence-corrected chi connectivity index (χ0v) is 9.03. The van der Waals surface area contributed by atoms with Crippen LogP contribution in [0.15, 0.2) is 30.3 Å². The normalized spacial score (nSPS) is 10.6. The Balaban J connectivity index is 2.62. The van der Waals surface area contributed by atoms with Crippen molar-refractivity contribution in [3.8, 4) is 11.5 Å². The van der Waals surface area contributed by atoms with Crippen LogP contribution in [0.25, 0.3) is 10.8 Å². The van der Waals surface area contributed by atoms with Crippen LogP contribution in [-0.4, -0.2) is 21.9 Å². The first-order valence-corrected chi connectivity index (χ1v) is 5.20. The molecule has 0 aromatic heterocycles. The van der Waals surface area contributed by atoms with Gasteiger partial charge in [0, 0.05) is 5.56 Å². The van der Waals surface area contributed by atoms with Crippen LogP contribution >= 0.6 is 11.6 Å². The van der Waals surface area contributed by atoms with Gasteiger partial charge in [0.1, 0.15) is 0 Å². The van der Waals surface area contributed by atoms with Gasteiger partial charge in [-0.3, -0.25) is 4.79 Å². The van der Waals surface area contributed by atoms with Crippen LogP contribution in [-0.2, 0) is 0 Å². The number of ketones is 1. The van der Waals surface area contributed by atoms with Gasteiger partial charge in [0.25, 0.3) is 0 Å². The molecule has 0 bridgehead atoms. The molecule has 0 spiro atoms. The van der Waals surface area contributed by atoms with Gasteiger partial charge >= 0.3 is 0 Å². The molecule has 0 aliphatic carbocycles. The second-order valence-corrected chi connectivity index (χ2v) is 3.73. The third kappa shape index (κ3) is 1.82. The maximum Gasteiger partial charge on any atom is 0.177 e. The molecule has 0 saturated carbocycles. The summed E-state index contributed by atoms with van der Waals surface area (Å²) in [6.07, 6.45) is 0. The minimum absolute atomic E-state index is 0.0738. The van der Waals surface area contributed by atoms with Crippen molar-refractivity contribution in [2.75, 3.05) is 5.88 Å². The van der Waals surface area contributed by atoms with Crippen LogP contribution in [0.5, 0.6) is 11.5 Å². The Bertz CT molecular complexity index is 563. The summed E-state index contributed by atoms with van der Waals surface area (Å²) in [5.41, 5.74) is 0.493. The Kier molecular flexibility index (Phi) is 2.71. The number of benzene rings is 2. The first-order valence-electron chi connectivity index (χ1n) is 4.66. The van der Waals surface area contributed by atoms with Crippen molar-refractivity contribution in [3.05, 3.63) is 35.9 Å². The smallest absolute Gasteiger partial charge is 0.177 e. The molecule has 0 saturated heterocycles. The summed E-state index contributed by atoms with van der Waals surface area (Å²) in [5.74, 6) is -0.627. The highest BCUT2D eigenvalue weighted by molar-refractivity contribution is 6.30. The summed E-state index contributed by atoms with van der Waals surface area (Å²) < 4.78 is 0. The van der Waals surface area contributed by atoms with E-state index >= 15 is 0 Å². The van der Waals surface area contributed by atoms with Gasteiger partial charge in [-0.2, -0.15) is 0 Å². The molecule has 0 aliphatic rings. The second-order valence-electron chi connectivity index (χ2n) is 3.46. The fraction of sp³-hybridized carbons (Fsp3) is 0.0833. The number of phenolic OH excluding ortho intramolecular Hbond substituents is 2. The number of rotatable bonds is 2. The number of Topliss-reactive ketones (excluding diaryl/α,β-unsaturated/α-hetero) is 1. The number of hydrogen-bond acceptors (Lipinski definition) is 3. The van der Waals surface area contributed by atoms with Crippen molar-refractivity contribution >= 4 is 28.2 Å². The molecule has 0 atom stereocenters. The summed E-state index contributed by atoms with van der Waals surface area (Å²) in [7, 11) is 0. The molecule has 2 aromatic rings. The second kappa shape index (κ2) is 4.02. The topological polar surface area (TPSA) is 57.5 Å². The van der Waals surface area contributed by atoms with Gasteiger partial charge < -0.3 is 10.2 Å². The molecule has 0 amide bonds. The van der Waals surface area contributed by atoms with E-state index in [0.717, 1.165) is 5.39 Å². The van der Waals surface area contributed by atoms with Crippen LogP contribution in [0.4, 0.5) is 0 Å². The summed E-state index contributed by atoms with van der Waals surface area (Å²) in [5, 5.41) is 20.1. The third-order valence-electron chi connectivity index (χ3n) is 2.38. The van der Waals surface area contributed by atoms with Crippen molar-refractivity contribution in [1.29, 1.82) is 0 Å². The summed E-state index contributed by atoms with van der Waals surface area (Å²) in [6, 6.07) is 7.84. The van der Waals surface area contributed by atoms with E-state index < -0.39 is 0 Å². The highest BCUT2D eigenvalue weighted by Crippen LogP contribution is 2.30. The third-order valence-corrected chi connectivity index (χ3v) is 2.62. The van der Waals surface area contributed by atoms with Crippen LogP contribution in [0, 0.1) is 0 Å². The van der Waals surface area contributed by atoms with E-state index in [0.29, 0.717) is 10.9 Å². The fourth-order valence-electron chi connectivity index (χ4n) is 1.52. The van der Waals surface area contributed by atoms with E-state index in [1.54, 1.807) is 18.2 Å². The van der Waals surface area contributed by atoms with E-state index in [9.17, 15) is 15.0 Å². The molecule has 16 heavy (non-hydrogen) atoms. The predicted octanol–water partition coefficient (Wildman–Crippen LogP) is 2.67. The van der Waals surface area contributed by atoms with Crippen molar-refractivity contribution in [3.63, 3.8) is 0 Å². The molecule has 2 rings (SSSR count). The zero-order chi connectivity index (χ0) is 11.7. The average molecular weight is 237 g/mol. The quantitative estimate of drug-likeness (QED) is 0.479. The van der Waals surface area contributed by atoms with Crippen molar-refractivity contribution in [2.45, 2.75) is 0 Å². The first-order chi connectivity index (χ1) is 7.61. The number of carbonyl (C=O) groups is 1. The lowest BCUT2D eigenvalue weighted by molar-refractivity contribution is 0.102. The predicted molar refractivity (Wildman–Crippen MR) is 62.3 cm³/mol. The van der Waals surface area contributed by atoms with Gasteiger partial charge in [0.05, 0.1) is 5.88 Å². The monoisotopic (exact) mass is 236 g/mol. The standard InChI is InChI=1S/C12H9ClO3/c13-6-12(16)8-2-1-7-4-10(14)11(15)5-9(7)3-8/h1-5,14-15H,6H2. The number of halogens is 1. The molecule has 0 radical (unpaired) electrons. The van der Waals surface area contributed by atoms with E-state index in [1.807, 2.05) is 0 Å². The molecule has 3 nitrogen and oxygen atoms in total. The Morgan fingerprint density at radius 2 is 1.69 bits per heavy atom. The van der Waals surface area contributed by atoms with Crippen molar-refractivity contribution in [1.82, 2.24) is 0 Å². The molecule has 2 N–H and O–H groups in total. The molecular weight excluding hydrogens is 228 g/mol. The summed E-state index contributed by atoms with van der Waals surface area (Å²) in [6.45, 7) is 0. The molecule has 2 aromatic carbocycles. The Morgan fingerprint density at radius 1 is 1.06 bits per heavy atom. The van der Waals surface area contributed by atoms with Gasteiger partial charge in [0.2, 0.25) is 0 Å². The van der Waals surface area contributed by atoms with Gasteiger partial charge in [-0.1, -0.05) is 12.1 Å². The van der Waals surface area contributed by atoms with E-state index in [1.165, 1.54) is 12.1 Å². The molecule has 0 aliphatic heterocycles. The van der Waals surface area contributed by atoms with Gasteiger partial charge in [-0.15, -0.1) is 11.6 Å². The van der Waals surface area contributed by atoms with Gasteiger partial charge in [-0.05, 0) is 29.0 Å². The minimum Gasteiger partial charge on any atom is -0.504 e. The molecule has 0 heterocycles. The minimum atomic E-state index is -0.206. The Hall–Kier alpha value is -1.74. The van der Waals surface area contributed by atoms with E-state index in [-0.39, 0.29) is 23.2 Å². The molecule has 82 valence electrons. The van der Waals surface area contributed by atoms with Crippen LogP contribution in [0.1, 0.15) is 10.4 Å². The number of aromatic hydroxyl groups is 2. The fourth-order valence-corrected chi connectivity index (χ4v) is 1.68. The van der Waals surface area contributed by atoms with Crippen LogP contribution in [0.3, 0.4) is 0 Å². The highest BCUT2D eigenvalue weighted by atomic mass is 35.5. The van der Waals surface area contributed by atoms with Gasteiger partial charge in [0.15, 0.2) is 17.3 Å². The number of alkyl halides is 1. The highest BCUT2D eigenvalue weighted by Gasteiger charge is 2.07. The molecule has 4 heteroatoms. The number of phenols is 2. The summed E-state index contributed by atoms with van der Waals surface area (Å²) >= 11 is 5.46. The van der Waals surface area contributed by atoms with Gasteiger partial charge in [-0.25, -0.2) is 0 Å². The van der Waals surface area contributed by atoms with Crippen molar-refractivity contribution < 1.29 is 15.0 Å². The first kappa shape index (κ1) is 10.8. The molecule has 0 unspecified atom stereocenters. The van der Waals surface area contributed by atoms with Crippen LogP contribution in [0.2, 0.25) is 0 Å². The number of carbonyl (C=O) groups excluding carboxylic acids is 1. The van der Waals surface area contributed by atoms with Crippen molar-refractivity contribution in [2.24, 2.45) is 0 Å². The molecular formula is C12H9ClO3. The average Bonchev–Trinajstić information content (AvgIpc) is 2.29. The van der Waals surface area contributed by atoms with E-state index in [4.69, 9.17) is 11.6 Å². The number of fused-ring (bicyclic) bond motifs is 1. The summed E-state index contributed by atoms with van der Waals surface area (Å²) in [4.78, 5) is 11.4. The Labute approximate surface area is 96.9 Å². The lowest BCUT2D eigenvalue weighted by Crippen LogP contribution is -1.99. The lowest BCUT2D eigenvalue weighted by Gasteiger charge is -2.03. The maximum absolute atomic E-state index is 11.4. The van der Waals surface area contributed by atoms with E-state index in [2.05, 4.69) is 0 Å². The SMILES string of the molecule is O=C(CCl)c1ccc2cc(O)c(O)cc2c1. The Morgan fingerprint density at radius 3 is 2.31 bits per heavy atom. The lowest BCUT2D eigenvalue weighted by atomic mass is 10.0. The maximum atomic E-state index is 11.4. The largest absolute Gasteiger partial charge is 0.504 e. The zero-order valence-electron chi connectivity index (χ0n) is 8.27. The number of hydrogen-bond donors (Lipinski definition) is 2.